The number of Topliss-reactive ketones (excluding diaryl/α,β-unsaturated/α-hetero) is 1. The van der Waals surface area contributed by atoms with Crippen molar-refractivity contribution in [3.63, 3.8) is 0 Å². The Labute approximate surface area is 121 Å². The molecule has 3 nitrogen and oxygen atoms in total. The highest BCUT2D eigenvalue weighted by Crippen LogP contribution is 2.25. The summed E-state index contributed by atoms with van der Waals surface area (Å²) in [4.78, 5) is 15.0. The molecular formula is C17H25NO2. The second-order valence-corrected chi connectivity index (χ2v) is 6.31. The van der Waals surface area contributed by atoms with E-state index in [0.717, 1.165) is 38.0 Å². The standard InChI is InChI=1S/C17H25NO2/c1-17(2,16(19)14-8-5-4-6-9-14)13-18-11-7-10-15(12-18)20-3/h4-6,8-9,15H,7,10-13H2,1-3H3. The first kappa shape index (κ1) is 15.2. The summed E-state index contributed by atoms with van der Waals surface area (Å²) in [5.41, 5.74) is 0.439. The zero-order valence-corrected chi connectivity index (χ0v) is 12.8. The van der Waals surface area contributed by atoms with Crippen molar-refractivity contribution in [3.8, 4) is 0 Å². The van der Waals surface area contributed by atoms with Gasteiger partial charge in [0, 0.05) is 31.2 Å². The lowest BCUT2D eigenvalue weighted by Gasteiger charge is -2.36. The van der Waals surface area contributed by atoms with E-state index < -0.39 is 0 Å². The first-order chi connectivity index (χ1) is 9.53. The minimum atomic E-state index is -0.364. The molecule has 0 aromatic heterocycles. The van der Waals surface area contributed by atoms with Crippen LogP contribution in [0.25, 0.3) is 0 Å². The number of hydrogen-bond acceptors (Lipinski definition) is 3. The number of nitrogens with zero attached hydrogens (tertiary/aromatic N) is 1. The largest absolute Gasteiger partial charge is 0.380 e. The van der Waals surface area contributed by atoms with E-state index in [2.05, 4.69) is 4.90 Å². The number of carbonyl (C=O) groups excluding carboxylic acids is 1. The number of likely N-dealkylation sites (tertiary alicyclic amines) is 1. The van der Waals surface area contributed by atoms with Crippen LogP contribution in [-0.4, -0.2) is 43.5 Å². The Morgan fingerprint density at radius 1 is 1.35 bits per heavy atom. The lowest BCUT2D eigenvalue weighted by atomic mass is 9.83. The van der Waals surface area contributed by atoms with Crippen LogP contribution in [0, 0.1) is 5.41 Å². The number of benzene rings is 1. The van der Waals surface area contributed by atoms with Gasteiger partial charge >= 0.3 is 0 Å². The highest BCUT2D eigenvalue weighted by atomic mass is 16.5. The molecule has 2 rings (SSSR count). The van der Waals surface area contributed by atoms with E-state index in [0.29, 0.717) is 6.10 Å². The Morgan fingerprint density at radius 3 is 2.70 bits per heavy atom. The molecule has 1 saturated heterocycles. The van der Waals surface area contributed by atoms with Crippen LogP contribution < -0.4 is 0 Å². The van der Waals surface area contributed by atoms with Crippen molar-refractivity contribution in [2.75, 3.05) is 26.7 Å². The van der Waals surface area contributed by atoms with E-state index in [9.17, 15) is 4.79 Å². The zero-order chi connectivity index (χ0) is 14.6. The van der Waals surface area contributed by atoms with Crippen molar-refractivity contribution in [2.24, 2.45) is 5.41 Å². The lowest BCUT2D eigenvalue weighted by Crippen LogP contribution is -2.46. The van der Waals surface area contributed by atoms with Gasteiger partial charge in [0.1, 0.15) is 0 Å². The van der Waals surface area contributed by atoms with Gasteiger partial charge in [-0.3, -0.25) is 9.69 Å². The molecule has 1 aromatic carbocycles. The number of hydrogen-bond donors (Lipinski definition) is 0. The number of rotatable bonds is 5. The maximum Gasteiger partial charge on any atom is 0.169 e. The molecule has 110 valence electrons. The second kappa shape index (κ2) is 6.51. The maximum absolute atomic E-state index is 12.6. The molecule has 0 saturated carbocycles. The molecular weight excluding hydrogens is 250 g/mol. The highest BCUT2D eigenvalue weighted by Gasteiger charge is 2.32. The van der Waals surface area contributed by atoms with Crippen LogP contribution in [0.5, 0.6) is 0 Å². The number of ketones is 1. The van der Waals surface area contributed by atoms with Gasteiger partial charge in [0.15, 0.2) is 5.78 Å². The smallest absolute Gasteiger partial charge is 0.169 e. The summed E-state index contributed by atoms with van der Waals surface area (Å²) in [6, 6.07) is 9.59. The molecule has 1 aliphatic rings. The van der Waals surface area contributed by atoms with Gasteiger partial charge in [-0.25, -0.2) is 0 Å². The zero-order valence-electron chi connectivity index (χ0n) is 12.8. The summed E-state index contributed by atoms with van der Waals surface area (Å²) < 4.78 is 5.45. The first-order valence-electron chi connectivity index (χ1n) is 7.38. The van der Waals surface area contributed by atoms with E-state index in [4.69, 9.17) is 4.74 Å². The molecule has 20 heavy (non-hydrogen) atoms. The van der Waals surface area contributed by atoms with Gasteiger partial charge in [-0.15, -0.1) is 0 Å². The van der Waals surface area contributed by atoms with E-state index >= 15 is 0 Å². The first-order valence-corrected chi connectivity index (χ1v) is 7.38. The van der Waals surface area contributed by atoms with Crippen LogP contribution in [0.3, 0.4) is 0 Å². The van der Waals surface area contributed by atoms with E-state index in [1.807, 2.05) is 44.2 Å². The Kier molecular flexibility index (Phi) is 4.95. The molecule has 3 heteroatoms. The van der Waals surface area contributed by atoms with Crippen LogP contribution in [-0.2, 0) is 4.74 Å². The summed E-state index contributed by atoms with van der Waals surface area (Å²) in [6.45, 7) is 6.87. The Morgan fingerprint density at radius 2 is 2.05 bits per heavy atom. The average molecular weight is 275 g/mol. The molecule has 1 fully saturated rings. The third kappa shape index (κ3) is 3.68. The van der Waals surface area contributed by atoms with Crippen LogP contribution >= 0.6 is 0 Å². The van der Waals surface area contributed by atoms with Gasteiger partial charge in [-0.05, 0) is 19.4 Å². The summed E-state index contributed by atoms with van der Waals surface area (Å²) in [5, 5.41) is 0. The summed E-state index contributed by atoms with van der Waals surface area (Å²) in [5.74, 6) is 0.220. The molecule has 1 unspecified atom stereocenters. The van der Waals surface area contributed by atoms with E-state index in [1.54, 1.807) is 7.11 Å². The minimum Gasteiger partial charge on any atom is -0.380 e. The fourth-order valence-corrected chi connectivity index (χ4v) is 2.96. The van der Waals surface area contributed by atoms with Gasteiger partial charge in [0.2, 0.25) is 0 Å². The van der Waals surface area contributed by atoms with Crippen molar-refractivity contribution < 1.29 is 9.53 Å². The quantitative estimate of drug-likeness (QED) is 0.774. The van der Waals surface area contributed by atoms with Crippen LogP contribution in [0.2, 0.25) is 0 Å². The number of methoxy groups -OCH3 is 1. The lowest BCUT2D eigenvalue weighted by molar-refractivity contribution is 0.0186. The minimum absolute atomic E-state index is 0.220. The summed E-state index contributed by atoms with van der Waals surface area (Å²) in [7, 11) is 1.77. The van der Waals surface area contributed by atoms with Gasteiger partial charge in [0.05, 0.1) is 6.10 Å². The molecule has 0 aliphatic carbocycles. The van der Waals surface area contributed by atoms with Crippen LogP contribution in [0.1, 0.15) is 37.0 Å². The van der Waals surface area contributed by atoms with Crippen molar-refractivity contribution in [1.29, 1.82) is 0 Å². The molecule has 0 spiro atoms. The Bertz CT molecular complexity index is 442. The van der Waals surface area contributed by atoms with Crippen molar-refractivity contribution >= 4 is 5.78 Å². The maximum atomic E-state index is 12.6. The molecule has 1 atom stereocenters. The predicted molar refractivity (Wildman–Crippen MR) is 81.0 cm³/mol. The molecule has 1 heterocycles. The number of piperidine rings is 1. The SMILES string of the molecule is COC1CCCN(CC(C)(C)C(=O)c2ccccc2)C1. The van der Waals surface area contributed by atoms with E-state index in [1.165, 1.54) is 0 Å². The van der Waals surface area contributed by atoms with Gasteiger partial charge in [-0.1, -0.05) is 44.2 Å². The number of carbonyl (C=O) groups is 1. The number of ether oxygens (including phenoxy) is 1. The highest BCUT2D eigenvalue weighted by molar-refractivity contribution is 6.00. The van der Waals surface area contributed by atoms with Crippen LogP contribution in [0.15, 0.2) is 30.3 Å². The van der Waals surface area contributed by atoms with Gasteiger partial charge in [-0.2, -0.15) is 0 Å². The molecule has 0 bridgehead atoms. The monoisotopic (exact) mass is 275 g/mol. The van der Waals surface area contributed by atoms with E-state index in [-0.39, 0.29) is 11.2 Å². The normalized spacial score (nSPS) is 20.9. The second-order valence-electron chi connectivity index (χ2n) is 6.31. The third-order valence-corrected chi connectivity index (χ3v) is 4.07. The van der Waals surface area contributed by atoms with Crippen molar-refractivity contribution in [2.45, 2.75) is 32.8 Å². The fraction of sp³-hybridized carbons (Fsp3) is 0.588. The van der Waals surface area contributed by atoms with Crippen molar-refractivity contribution in [1.82, 2.24) is 4.90 Å². The Hall–Kier alpha value is -1.19. The molecule has 0 amide bonds. The molecule has 1 aliphatic heterocycles. The molecule has 0 N–H and O–H groups in total. The van der Waals surface area contributed by atoms with Gasteiger partial charge < -0.3 is 4.74 Å². The predicted octanol–water partition coefficient (Wildman–Crippen LogP) is 3.01. The Balaban J connectivity index is 2.01. The average Bonchev–Trinajstić information content (AvgIpc) is 2.47. The third-order valence-electron chi connectivity index (χ3n) is 4.07. The molecule has 0 radical (unpaired) electrons. The fourth-order valence-electron chi connectivity index (χ4n) is 2.96. The topological polar surface area (TPSA) is 29.5 Å². The summed E-state index contributed by atoms with van der Waals surface area (Å²) in [6.07, 6.45) is 2.58. The summed E-state index contributed by atoms with van der Waals surface area (Å²) >= 11 is 0. The van der Waals surface area contributed by atoms with Crippen LogP contribution in [0.4, 0.5) is 0 Å². The molecule has 1 aromatic rings. The van der Waals surface area contributed by atoms with Crippen molar-refractivity contribution in [3.05, 3.63) is 35.9 Å². The van der Waals surface area contributed by atoms with Gasteiger partial charge in [0.25, 0.3) is 0 Å².